The predicted octanol–water partition coefficient (Wildman–Crippen LogP) is 4.05. The number of amides is 1. The number of hydrogen-bond donors (Lipinski definition) is 0. The van der Waals surface area contributed by atoms with E-state index in [1.165, 1.54) is 5.52 Å². The van der Waals surface area contributed by atoms with Crippen LogP contribution in [0.25, 0.3) is 11.0 Å². The van der Waals surface area contributed by atoms with Crippen molar-refractivity contribution in [1.82, 2.24) is 14.5 Å². The van der Waals surface area contributed by atoms with Crippen molar-refractivity contribution in [3.63, 3.8) is 0 Å². The maximum Gasteiger partial charge on any atom is 0.253 e. The summed E-state index contributed by atoms with van der Waals surface area (Å²) in [5, 5.41) is 1.02. The Bertz CT molecular complexity index is 870. The molecule has 1 aromatic heterocycles. The van der Waals surface area contributed by atoms with Crippen LogP contribution in [0, 0.1) is 0 Å². The van der Waals surface area contributed by atoms with E-state index in [2.05, 4.69) is 23.6 Å². The minimum absolute atomic E-state index is 0.0302. The number of rotatable bonds is 5. The summed E-state index contributed by atoms with van der Waals surface area (Å²) in [5.74, 6) is 0.820. The van der Waals surface area contributed by atoms with Crippen LogP contribution < -0.4 is 0 Å². The second-order valence-electron chi connectivity index (χ2n) is 5.82. The number of aromatic nitrogens is 2. The molecule has 0 saturated heterocycles. The molecular weight excluding hydrogens is 318 g/mol. The van der Waals surface area contributed by atoms with Gasteiger partial charge < -0.3 is 9.47 Å². The Morgan fingerprint density at radius 3 is 2.71 bits per heavy atom. The van der Waals surface area contributed by atoms with Gasteiger partial charge in [0.2, 0.25) is 0 Å². The lowest BCUT2D eigenvalue weighted by Gasteiger charge is -2.11. The fourth-order valence-electron chi connectivity index (χ4n) is 2.67. The lowest BCUT2D eigenvalue weighted by molar-refractivity contribution is 0.0827. The molecule has 0 N–H and O–H groups in total. The lowest BCUT2D eigenvalue weighted by Crippen LogP contribution is -2.21. The average molecular weight is 339 g/mol. The number of carbonyl (C=O) groups excluding carboxylic acids is 1. The van der Waals surface area contributed by atoms with E-state index >= 15 is 0 Å². The highest BCUT2D eigenvalue weighted by atomic mass is 32.2. The molecule has 2 aromatic carbocycles. The highest BCUT2D eigenvalue weighted by molar-refractivity contribution is 7.98. The zero-order chi connectivity index (χ0) is 17.1. The Morgan fingerprint density at radius 2 is 1.96 bits per heavy atom. The molecule has 0 bridgehead atoms. The second kappa shape index (κ2) is 7.09. The molecule has 0 fully saturated rings. The van der Waals surface area contributed by atoms with Crippen molar-refractivity contribution in [2.24, 2.45) is 0 Å². The normalized spacial score (nSPS) is 11.0. The number of para-hydroxylation sites is 2. The molecule has 0 spiro atoms. The van der Waals surface area contributed by atoms with Crippen molar-refractivity contribution in [3.8, 4) is 0 Å². The van der Waals surface area contributed by atoms with Gasteiger partial charge >= 0.3 is 0 Å². The number of benzene rings is 2. The average Bonchev–Trinajstić information content (AvgIpc) is 2.97. The van der Waals surface area contributed by atoms with Crippen molar-refractivity contribution in [2.75, 3.05) is 14.1 Å². The third-order valence-electron chi connectivity index (χ3n) is 3.88. The van der Waals surface area contributed by atoms with E-state index in [9.17, 15) is 4.79 Å². The van der Waals surface area contributed by atoms with Crippen LogP contribution in [0.5, 0.6) is 0 Å². The first-order chi connectivity index (χ1) is 11.6. The molecule has 3 rings (SSSR count). The zero-order valence-corrected chi connectivity index (χ0v) is 15.0. The van der Waals surface area contributed by atoms with E-state index < -0.39 is 0 Å². The highest BCUT2D eigenvalue weighted by Crippen LogP contribution is 2.27. The van der Waals surface area contributed by atoms with Gasteiger partial charge in [0.25, 0.3) is 5.91 Å². The standard InChI is InChI=1S/C19H21N3OS/c1-4-22-17-11-6-5-10-16(17)20-19(22)24-13-14-8-7-9-15(12-14)18(23)21(2)3/h5-12H,4,13H2,1-3H3. The number of nitrogens with zero attached hydrogens (tertiary/aromatic N) is 3. The maximum absolute atomic E-state index is 12.1. The fraction of sp³-hybridized carbons (Fsp3) is 0.263. The molecule has 0 aliphatic heterocycles. The van der Waals surface area contributed by atoms with Gasteiger partial charge in [-0.05, 0) is 36.8 Å². The Morgan fingerprint density at radius 1 is 1.17 bits per heavy atom. The number of hydrogen-bond acceptors (Lipinski definition) is 3. The van der Waals surface area contributed by atoms with Gasteiger partial charge in [-0.15, -0.1) is 0 Å². The molecule has 0 aliphatic carbocycles. The predicted molar refractivity (Wildman–Crippen MR) is 99.4 cm³/mol. The van der Waals surface area contributed by atoms with Gasteiger partial charge in [0, 0.05) is 32.0 Å². The molecule has 1 heterocycles. The van der Waals surface area contributed by atoms with Crippen LogP contribution in [-0.2, 0) is 12.3 Å². The first-order valence-electron chi connectivity index (χ1n) is 7.98. The van der Waals surface area contributed by atoms with Crippen molar-refractivity contribution >= 4 is 28.7 Å². The summed E-state index contributed by atoms with van der Waals surface area (Å²) in [6.45, 7) is 3.02. The van der Waals surface area contributed by atoms with E-state index in [1.807, 2.05) is 36.4 Å². The molecule has 24 heavy (non-hydrogen) atoms. The van der Waals surface area contributed by atoms with Crippen molar-refractivity contribution in [2.45, 2.75) is 24.4 Å². The number of thioether (sulfide) groups is 1. The van der Waals surface area contributed by atoms with Crippen molar-refractivity contribution in [1.29, 1.82) is 0 Å². The largest absolute Gasteiger partial charge is 0.345 e. The smallest absolute Gasteiger partial charge is 0.253 e. The van der Waals surface area contributed by atoms with Gasteiger partial charge in [-0.3, -0.25) is 4.79 Å². The summed E-state index contributed by atoms with van der Waals surface area (Å²) < 4.78 is 2.23. The molecule has 0 atom stereocenters. The van der Waals surface area contributed by atoms with Gasteiger partial charge in [-0.1, -0.05) is 36.0 Å². The molecule has 124 valence electrons. The topological polar surface area (TPSA) is 38.1 Å². The van der Waals surface area contributed by atoms with Gasteiger partial charge in [-0.25, -0.2) is 4.98 Å². The summed E-state index contributed by atoms with van der Waals surface area (Å²) in [6.07, 6.45) is 0. The highest BCUT2D eigenvalue weighted by Gasteiger charge is 2.11. The summed E-state index contributed by atoms with van der Waals surface area (Å²) in [7, 11) is 3.54. The Balaban J connectivity index is 1.81. The lowest BCUT2D eigenvalue weighted by atomic mass is 10.1. The number of fused-ring (bicyclic) bond motifs is 1. The van der Waals surface area contributed by atoms with Crippen molar-refractivity contribution in [3.05, 3.63) is 59.7 Å². The zero-order valence-electron chi connectivity index (χ0n) is 14.2. The monoisotopic (exact) mass is 339 g/mol. The summed E-state index contributed by atoms with van der Waals surface area (Å²) >= 11 is 1.71. The fourth-order valence-corrected chi connectivity index (χ4v) is 3.69. The molecule has 0 radical (unpaired) electrons. The third kappa shape index (κ3) is 3.31. The van der Waals surface area contributed by atoms with E-state index in [0.717, 1.165) is 34.1 Å². The third-order valence-corrected chi connectivity index (χ3v) is 4.93. The summed E-state index contributed by atoms with van der Waals surface area (Å²) in [4.78, 5) is 18.4. The molecule has 0 unspecified atom stereocenters. The summed E-state index contributed by atoms with van der Waals surface area (Å²) in [5.41, 5.74) is 4.04. The van der Waals surface area contributed by atoms with Crippen molar-refractivity contribution < 1.29 is 4.79 Å². The Kier molecular flexibility index (Phi) is 4.90. The van der Waals surface area contributed by atoms with Crippen LogP contribution in [0.3, 0.4) is 0 Å². The molecule has 5 heteroatoms. The quantitative estimate of drug-likeness (QED) is 0.658. The van der Waals surface area contributed by atoms with Crippen LogP contribution in [0.2, 0.25) is 0 Å². The molecular formula is C19H21N3OS. The van der Waals surface area contributed by atoms with Gasteiger partial charge in [-0.2, -0.15) is 0 Å². The second-order valence-corrected chi connectivity index (χ2v) is 6.76. The van der Waals surface area contributed by atoms with E-state index in [1.54, 1.807) is 30.8 Å². The molecule has 3 aromatic rings. The maximum atomic E-state index is 12.1. The van der Waals surface area contributed by atoms with Crippen LogP contribution >= 0.6 is 11.8 Å². The van der Waals surface area contributed by atoms with Crippen LogP contribution in [0.1, 0.15) is 22.8 Å². The molecule has 0 saturated carbocycles. The first-order valence-corrected chi connectivity index (χ1v) is 8.97. The van der Waals surface area contributed by atoms with Gasteiger partial charge in [0.05, 0.1) is 11.0 Å². The summed E-state index contributed by atoms with van der Waals surface area (Å²) in [6, 6.07) is 16.0. The number of imidazole rings is 1. The van der Waals surface area contributed by atoms with Gasteiger partial charge in [0.1, 0.15) is 0 Å². The van der Waals surface area contributed by atoms with Gasteiger partial charge in [0.15, 0.2) is 5.16 Å². The molecule has 1 amide bonds. The van der Waals surface area contributed by atoms with Crippen LogP contribution in [0.15, 0.2) is 53.7 Å². The number of carbonyl (C=O) groups is 1. The molecule has 4 nitrogen and oxygen atoms in total. The molecule has 0 aliphatic rings. The van der Waals surface area contributed by atoms with Crippen LogP contribution in [0.4, 0.5) is 0 Å². The van der Waals surface area contributed by atoms with Crippen LogP contribution in [-0.4, -0.2) is 34.5 Å². The number of aryl methyl sites for hydroxylation is 1. The van der Waals surface area contributed by atoms with E-state index in [4.69, 9.17) is 4.98 Å². The SMILES string of the molecule is CCn1c(SCc2cccc(C(=O)N(C)C)c2)nc2ccccc21. The van der Waals surface area contributed by atoms with E-state index in [0.29, 0.717) is 0 Å². The minimum Gasteiger partial charge on any atom is -0.345 e. The Hall–Kier alpha value is -2.27. The first kappa shape index (κ1) is 16.6. The van der Waals surface area contributed by atoms with E-state index in [-0.39, 0.29) is 5.91 Å². The minimum atomic E-state index is 0.0302. The Labute approximate surface area is 146 Å².